The fourth-order valence-corrected chi connectivity index (χ4v) is 4.43. The van der Waals surface area contributed by atoms with Crippen molar-refractivity contribution in [3.63, 3.8) is 0 Å². The van der Waals surface area contributed by atoms with Gasteiger partial charge in [0.1, 0.15) is 0 Å². The molecule has 0 amide bonds. The average molecular weight is 367 g/mol. The Labute approximate surface area is 148 Å². The first-order valence-corrected chi connectivity index (χ1v) is 9.80. The molecule has 1 saturated carbocycles. The van der Waals surface area contributed by atoms with Crippen LogP contribution in [0.4, 0.5) is 0 Å². The molecular weight excluding hydrogens is 342 g/mol. The summed E-state index contributed by atoms with van der Waals surface area (Å²) in [6.45, 7) is 2.67. The molecule has 3 atom stereocenters. The Hall–Kier alpha value is -1.70. The second-order valence-electron chi connectivity index (χ2n) is 6.80. The Morgan fingerprint density at radius 1 is 1.32 bits per heavy atom. The van der Waals surface area contributed by atoms with Gasteiger partial charge in [0.2, 0.25) is 0 Å². The number of carbonyl (C=O) groups is 1. The highest BCUT2D eigenvalue weighted by Gasteiger charge is 2.54. The maximum absolute atomic E-state index is 10.8. The van der Waals surface area contributed by atoms with Crippen LogP contribution in [0.2, 0.25) is 0 Å². The monoisotopic (exact) mass is 367 g/mol. The van der Waals surface area contributed by atoms with Gasteiger partial charge >= 0.3 is 5.97 Å². The standard InChI is InChI=1S/C12H19NO2.C6H6O3S/c1-2-8-3-9-5-12(7-13,6-11(14)15)10(9)4-8;7-10(8,9)6-4-2-1-3-5-6/h4,9-10H,2-3,5-7,13H2,1H3,(H,14,15);1-5H,(H,7,8,9)/t9?,10?,12-;/m1./s1. The van der Waals surface area contributed by atoms with E-state index in [9.17, 15) is 13.2 Å². The molecule has 25 heavy (non-hydrogen) atoms. The van der Waals surface area contributed by atoms with Crippen molar-refractivity contribution in [2.75, 3.05) is 6.54 Å². The first-order valence-electron chi connectivity index (χ1n) is 8.36. The molecule has 138 valence electrons. The number of allylic oxidation sites excluding steroid dienone is 2. The van der Waals surface area contributed by atoms with Gasteiger partial charge in [-0.25, -0.2) is 0 Å². The van der Waals surface area contributed by atoms with Crippen molar-refractivity contribution < 1.29 is 22.9 Å². The zero-order valence-corrected chi connectivity index (χ0v) is 15.1. The molecule has 1 aromatic carbocycles. The third-order valence-electron chi connectivity index (χ3n) is 5.23. The molecule has 0 spiro atoms. The molecule has 2 aliphatic rings. The number of carboxylic acids is 1. The van der Waals surface area contributed by atoms with Crippen molar-refractivity contribution in [3.8, 4) is 0 Å². The van der Waals surface area contributed by atoms with Crippen molar-refractivity contribution in [1.82, 2.24) is 0 Å². The van der Waals surface area contributed by atoms with Crippen molar-refractivity contribution in [2.45, 2.75) is 37.5 Å². The molecule has 0 radical (unpaired) electrons. The second-order valence-corrected chi connectivity index (χ2v) is 8.22. The van der Waals surface area contributed by atoms with Gasteiger partial charge in [0.25, 0.3) is 10.1 Å². The highest BCUT2D eigenvalue weighted by Crippen LogP contribution is 2.59. The van der Waals surface area contributed by atoms with E-state index in [1.807, 2.05) is 0 Å². The quantitative estimate of drug-likeness (QED) is 0.544. The van der Waals surface area contributed by atoms with Crippen LogP contribution >= 0.6 is 0 Å². The Kier molecular flexibility index (Phi) is 6.03. The molecule has 0 heterocycles. The zero-order valence-electron chi connectivity index (χ0n) is 14.3. The predicted molar refractivity (Wildman–Crippen MR) is 94.6 cm³/mol. The predicted octanol–water partition coefficient (Wildman–Crippen LogP) is 2.72. The minimum atomic E-state index is -4.00. The summed E-state index contributed by atoms with van der Waals surface area (Å²) in [6, 6.07) is 7.42. The Bertz CT molecular complexity index is 744. The Morgan fingerprint density at radius 2 is 1.96 bits per heavy atom. The molecule has 0 saturated heterocycles. The van der Waals surface area contributed by atoms with Crippen LogP contribution in [0.25, 0.3) is 0 Å². The van der Waals surface area contributed by atoms with Gasteiger partial charge in [-0.15, -0.1) is 0 Å². The van der Waals surface area contributed by atoms with E-state index in [0.717, 1.165) is 12.8 Å². The number of aliphatic carboxylic acids is 1. The van der Waals surface area contributed by atoms with Crippen LogP contribution in [0.15, 0.2) is 46.9 Å². The third-order valence-corrected chi connectivity index (χ3v) is 6.10. The third kappa shape index (κ3) is 4.48. The highest BCUT2D eigenvalue weighted by atomic mass is 32.2. The average Bonchev–Trinajstić information content (AvgIpc) is 2.91. The van der Waals surface area contributed by atoms with Crippen LogP contribution in [0.5, 0.6) is 0 Å². The van der Waals surface area contributed by atoms with Crippen LogP contribution in [0.1, 0.15) is 32.6 Å². The summed E-state index contributed by atoms with van der Waals surface area (Å²) in [7, 11) is -4.00. The maximum atomic E-state index is 10.8. The summed E-state index contributed by atoms with van der Waals surface area (Å²) in [4.78, 5) is 10.8. The first-order chi connectivity index (χ1) is 11.7. The second kappa shape index (κ2) is 7.68. The first kappa shape index (κ1) is 19.6. The van der Waals surface area contributed by atoms with E-state index in [4.69, 9.17) is 15.4 Å². The summed E-state index contributed by atoms with van der Waals surface area (Å²) >= 11 is 0. The van der Waals surface area contributed by atoms with E-state index in [-0.39, 0.29) is 16.7 Å². The number of fused-ring (bicyclic) bond motifs is 1. The molecule has 1 aromatic rings. The minimum Gasteiger partial charge on any atom is -0.481 e. The maximum Gasteiger partial charge on any atom is 0.303 e. The molecule has 7 heteroatoms. The summed E-state index contributed by atoms with van der Waals surface area (Å²) < 4.78 is 29.2. The van der Waals surface area contributed by atoms with Gasteiger partial charge in [-0.2, -0.15) is 8.42 Å². The summed E-state index contributed by atoms with van der Waals surface area (Å²) in [5.41, 5.74) is 7.13. The van der Waals surface area contributed by atoms with Crippen molar-refractivity contribution in [3.05, 3.63) is 42.0 Å². The number of hydrogen-bond acceptors (Lipinski definition) is 4. The highest BCUT2D eigenvalue weighted by molar-refractivity contribution is 7.85. The van der Waals surface area contributed by atoms with E-state index in [2.05, 4.69) is 13.0 Å². The SMILES string of the molecule is CCC1=CC2C(C1)C[C@]2(CN)CC(=O)O.O=S(=O)(O)c1ccccc1. The fourth-order valence-electron chi connectivity index (χ4n) is 3.93. The van der Waals surface area contributed by atoms with Crippen LogP contribution in [-0.4, -0.2) is 30.6 Å². The van der Waals surface area contributed by atoms with Gasteiger partial charge in [-0.1, -0.05) is 36.8 Å². The van der Waals surface area contributed by atoms with Crippen LogP contribution in [0, 0.1) is 17.3 Å². The number of rotatable bonds is 5. The van der Waals surface area contributed by atoms with Crippen molar-refractivity contribution in [1.29, 1.82) is 0 Å². The van der Waals surface area contributed by atoms with Crippen LogP contribution in [0.3, 0.4) is 0 Å². The van der Waals surface area contributed by atoms with Gasteiger partial charge in [0, 0.05) is 0 Å². The molecule has 2 aliphatic carbocycles. The Morgan fingerprint density at radius 3 is 2.40 bits per heavy atom. The summed E-state index contributed by atoms with van der Waals surface area (Å²) in [5.74, 6) is 0.411. The lowest BCUT2D eigenvalue weighted by molar-refractivity contribution is -0.144. The van der Waals surface area contributed by atoms with Crippen LogP contribution in [-0.2, 0) is 14.9 Å². The lowest BCUT2D eigenvalue weighted by Crippen LogP contribution is -2.51. The zero-order chi connectivity index (χ0) is 18.7. The molecule has 1 fully saturated rings. The minimum absolute atomic E-state index is 0.0741. The smallest absolute Gasteiger partial charge is 0.303 e. The fraction of sp³-hybridized carbons (Fsp3) is 0.500. The number of benzene rings is 1. The molecule has 0 aromatic heterocycles. The summed E-state index contributed by atoms with van der Waals surface area (Å²) in [6.07, 6.45) is 5.80. The lowest BCUT2D eigenvalue weighted by Gasteiger charge is -2.51. The van der Waals surface area contributed by atoms with Gasteiger partial charge < -0.3 is 10.8 Å². The van der Waals surface area contributed by atoms with Crippen molar-refractivity contribution >= 4 is 16.1 Å². The molecule has 6 nitrogen and oxygen atoms in total. The topological polar surface area (TPSA) is 118 Å². The molecule has 0 aliphatic heterocycles. The lowest BCUT2D eigenvalue weighted by atomic mass is 9.53. The summed E-state index contributed by atoms with van der Waals surface area (Å²) in [5, 5.41) is 8.91. The van der Waals surface area contributed by atoms with E-state index >= 15 is 0 Å². The van der Waals surface area contributed by atoms with Crippen molar-refractivity contribution in [2.24, 2.45) is 23.0 Å². The molecule has 4 N–H and O–H groups in total. The van der Waals surface area contributed by atoms with E-state index in [1.54, 1.807) is 18.2 Å². The van der Waals surface area contributed by atoms with Gasteiger partial charge in [-0.05, 0) is 55.2 Å². The molecule has 0 bridgehead atoms. The van der Waals surface area contributed by atoms with E-state index in [1.165, 1.54) is 24.1 Å². The van der Waals surface area contributed by atoms with Gasteiger partial charge in [0.05, 0.1) is 11.3 Å². The number of nitrogens with two attached hydrogens (primary N) is 1. The van der Waals surface area contributed by atoms with Gasteiger partial charge in [-0.3, -0.25) is 9.35 Å². The van der Waals surface area contributed by atoms with Crippen LogP contribution < -0.4 is 5.73 Å². The van der Waals surface area contributed by atoms with E-state index < -0.39 is 16.1 Å². The normalized spacial score (nSPS) is 27.4. The number of hydrogen-bond donors (Lipinski definition) is 3. The molecule has 3 rings (SSSR count). The largest absolute Gasteiger partial charge is 0.481 e. The molecular formula is C18H25NO5S. The number of carboxylic acid groups (broad SMARTS) is 1. The van der Waals surface area contributed by atoms with E-state index in [0.29, 0.717) is 18.4 Å². The Balaban J connectivity index is 0.000000196. The molecule has 2 unspecified atom stereocenters. The van der Waals surface area contributed by atoms with Gasteiger partial charge in [0.15, 0.2) is 0 Å².